The molecule has 0 aromatic carbocycles. The van der Waals surface area contributed by atoms with E-state index in [1.165, 1.54) is 5.56 Å². The second-order valence-corrected chi connectivity index (χ2v) is 4.31. The lowest BCUT2D eigenvalue weighted by molar-refractivity contribution is 0.0679. The molecule has 1 aromatic rings. The molecule has 0 saturated carbocycles. The summed E-state index contributed by atoms with van der Waals surface area (Å²) in [6.45, 7) is 4.57. The van der Waals surface area contributed by atoms with Gasteiger partial charge in [-0.15, -0.1) is 0 Å². The van der Waals surface area contributed by atoms with Crippen molar-refractivity contribution in [2.75, 3.05) is 13.1 Å². The van der Waals surface area contributed by atoms with Crippen LogP contribution in [0.3, 0.4) is 0 Å². The molecule has 0 aliphatic carbocycles. The van der Waals surface area contributed by atoms with E-state index in [1.807, 2.05) is 31.5 Å². The van der Waals surface area contributed by atoms with Crippen LogP contribution >= 0.6 is 0 Å². The van der Waals surface area contributed by atoms with Crippen LogP contribution in [0.25, 0.3) is 0 Å². The lowest BCUT2D eigenvalue weighted by atomic mass is 10.1. The zero-order valence-corrected chi connectivity index (χ0v) is 8.48. The number of hydrogen-bond acceptors (Lipinski definition) is 3. The Morgan fingerprint density at radius 2 is 2.21 bits per heavy atom. The van der Waals surface area contributed by atoms with Gasteiger partial charge in [0.15, 0.2) is 0 Å². The molecule has 1 N–H and O–H groups in total. The van der Waals surface area contributed by atoms with Gasteiger partial charge in [-0.05, 0) is 31.0 Å². The number of hydrogen-bond donors (Lipinski definition) is 1. The van der Waals surface area contributed by atoms with Crippen LogP contribution in [0.15, 0.2) is 24.5 Å². The van der Waals surface area contributed by atoms with Crippen molar-refractivity contribution >= 4 is 0 Å². The third-order valence-electron chi connectivity index (χ3n) is 2.69. The predicted molar refractivity (Wildman–Crippen MR) is 54.8 cm³/mol. The summed E-state index contributed by atoms with van der Waals surface area (Å²) in [5.74, 6) is 0. The second-order valence-electron chi connectivity index (χ2n) is 4.31. The predicted octanol–water partition coefficient (Wildman–Crippen LogP) is 1.04. The maximum atomic E-state index is 9.79. The minimum atomic E-state index is -0.493. The van der Waals surface area contributed by atoms with E-state index >= 15 is 0 Å². The molecule has 0 radical (unpaired) electrons. The van der Waals surface area contributed by atoms with Crippen LogP contribution in [0.1, 0.15) is 18.9 Å². The number of nitrogens with zero attached hydrogens (tertiary/aromatic N) is 2. The average molecular weight is 192 g/mol. The quantitative estimate of drug-likeness (QED) is 0.760. The molecular weight excluding hydrogens is 176 g/mol. The maximum Gasteiger partial charge on any atom is 0.0758 e. The van der Waals surface area contributed by atoms with Gasteiger partial charge in [0.1, 0.15) is 0 Å². The maximum absolute atomic E-state index is 9.79. The monoisotopic (exact) mass is 192 g/mol. The van der Waals surface area contributed by atoms with Crippen LogP contribution in [0, 0.1) is 0 Å². The van der Waals surface area contributed by atoms with E-state index in [0.29, 0.717) is 0 Å². The van der Waals surface area contributed by atoms with E-state index in [0.717, 1.165) is 26.1 Å². The molecule has 1 atom stereocenters. The molecule has 0 amide bonds. The van der Waals surface area contributed by atoms with Crippen LogP contribution in [0.4, 0.5) is 0 Å². The first-order chi connectivity index (χ1) is 6.66. The van der Waals surface area contributed by atoms with Crippen molar-refractivity contribution in [1.29, 1.82) is 0 Å². The van der Waals surface area contributed by atoms with Crippen molar-refractivity contribution in [3.05, 3.63) is 30.1 Å². The van der Waals surface area contributed by atoms with E-state index in [2.05, 4.69) is 9.88 Å². The molecule has 14 heavy (non-hydrogen) atoms. The number of aromatic nitrogens is 1. The zero-order valence-electron chi connectivity index (χ0n) is 8.48. The van der Waals surface area contributed by atoms with Crippen LogP contribution in [0.2, 0.25) is 0 Å². The first-order valence-corrected chi connectivity index (χ1v) is 4.99. The number of pyridine rings is 1. The molecule has 3 nitrogen and oxygen atoms in total. The number of likely N-dealkylation sites (tertiary alicyclic amines) is 1. The molecule has 3 heteroatoms. The first-order valence-electron chi connectivity index (χ1n) is 4.99. The molecule has 1 aliphatic heterocycles. The standard InChI is InChI=1S/C11H16N2O/c1-11(14)4-7-13(9-11)8-10-2-5-12-6-3-10/h2-3,5-6,14H,4,7-9H2,1H3. The fourth-order valence-electron chi connectivity index (χ4n) is 1.92. The summed E-state index contributed by atoms with van der Waals surface area (Å²) in [6, 6.07) is 4.04. The first kappa shape index (κ1) is 9.62. The van der Waals surface area contributed by atoms with Crippen LogP contribution in [0.5, 0.6) is 0 Å². The second kappa shape index (κ2) is 3.67. The summed E-state index contributed by atoms with van der Waals surface area (Å²) in [7, 11) is 0. The Balaban J connectivity index is 1.94. The highest BCUT2D eigenvalue weighted by molar-refractivity contribution is 5.10. The summed E-state index contributed by atoms with van der Waals surface area (Å²) >= 11 is 0. The van der Waals surface area contributed by atoms with Crippen molar-refractivity contribution in [3.8, 4) is 0 Å². The van der Waals surface area contributed by atoms with Gasteiger partial charge in [-0.1, -0.05) is 0 Å². The highest BCUT2D eigenvalue weighted by Gasteiger charge is 2.30. The molecule has 2 heterocycles. The molecular formula is C11H16N2O. The van der Waals surface area contributed by atoms with E-state index in [-0.39, 0.29) is 0 Å². The van der Waals surface area contributed by atoms with Crippen molar-refractivity contribution in [3.63, 3.8) is 0 Å². The summed E-state index contributed by atoms with van der Waals surface area (Å²) in [5.41, 5.74) is 0.769. The fraction of sp³-hybridized carbons (Fsp3) is 0.545. The van der Waals surface area contributed by atoms with Gasteiger partial charge >= 0.3 is 0 Å². The number of rotatable bonds is 2. The third-order valence-corrected chi connectivity index (χ3v) is 2.69. The Hall–Kier alpha value is -0.930. The van der Waals surface area contributed by atoms with Crippen molar-refractivity contribution in [1.82, 2.24) is 9.88 Å². The highest BCUT2D eigenvalue weighted by atomic mass is 16.3. The Bertz CT molecular complexity index is 297. The smallest absolute Gasteiger partial charge is 0.0758 e. The largest absolute Gasteiger partial charge is 0.389 e. The van der Waals surface area contributed by atoms with E-state index in [9.17, 15) is 5.11 Å². The minimum Gasteiger partial charge on any atom is -0.389 e. The number of aliphatic hydroxyl groups is 1. The zero-order chi connectivity index (χ0) is 10.0. The lowest BCUT2D eigenvalue weighted by Gasteiger charge is -2.18. The summed E-state index contributed by atoms with van der Waals surface area (Å²) < 4.78 is 0. The van der Waals surface area contributed by atoms with Crippen molar-refractivity contribution < 1.29 is 5.11 Å². The SMILES string of the molecule is CC1(O)CCN(Cc2ccncc2)C1. The van der Waals surface area contributed by atoms with Gasteiger partial charge in [-0.25, -0.2) is 0 Å². The van der Waals surface area contributed by atoms with Crippen LogP contribution in [-0.4, -0.2) is 33.7 Å². The van der Waals surface area contributed by atoms with Gasteiger partial charge in [-0.3, -0.25) is 9.88 Å². The fourth-order valence-corrected chi connectivity index (χ4v) is 1.92. The van der Waals surface area contributed by atoms with E-state index < -0.39 is 5.60 Å². The van der Waals surface area contributed by atoms with E-state index in [1.54, 1.807) is 0 Å². The third kappa shape index (κ3) is 2.30. The minimum absolute atomic E-state index is 0.493. The molecule has 76 valence electrons. The molecule has 1 saturated heterocycles. The molecule has 1 fully saturated rings. The summed E-state index contributed by atoms with van der Waals surface area (Å²) in [4.78, 5) is 6.25. The lowest BCUT2D eigenvalue weighted by Crippen LogP contribution is -2.29. The topological polar surface area (TPSA) is 36.4 Å². The molecule has 1 aromatic heterocycles. The molecule has 0 spiro atoms. The van der Waals surface area contributed by atoms with Gasteiger partial charge in [0, 0.05) is 32.0 Å². The Kier molecular flexibility index (Phi) is 2.52. The highest BCUT2D eigenvalue weighted by Crippen LogP contribution is 2.21. The molecule has 0 bridgehead atoms. The van der Waals surface area contributed by atoms with E-state index in [4.69, 9.17) is 0 Å². The molecule has 1 aliphatic rings. The Morgan fingerprint density at radius 3 is 2.79 bits per heavy atom. The van der Waals surface area contributed by atoms with Gasteiger partial charge in [-0.2, -0.15) is 0 Å². The van der Waals surface area contributed by atoms with Gasteiger partial charge < -0.3 is 5.11 Å². The van der Waals surface area contributed by atoms with Crippen molar-refractivity contribution in [2.45, 2.75) is 25.5 Å². The molecule has 1 unspecified atom stereocenters. The van der Waals surface area contributed by atoms with Gasteiger partial charge in [0.2, 0.25) is 0 Å². The van der Waals surface area contributed by atoms with Crippen LogP contribution in [-0.2, 0) is 6.54 Å². The number of β-amino-alcohol motifs (C(OH)–C–C–N with tert-alkyl or cyclic N) is 1. The van der Waals surface area contributed by atoms with Crippen molar-refractivity contribution in [2.24, 2.45) is 0 Å². The summed E-state index contributed by atoms with van der Waals surface area (Å²) in [5, 5.41) is 9.79. The average Bonchev–Trinajstić information content (AvgIpc) is 2.47. The summed E-state index contributed by atoms with van der Waals surface area (Å²) in [6.07, 6.45) is 4.49. The molecule has 2 rings (SSSR count). The van der Waals surface area contributed by atoms with Gasteiger partial charge in [0.05, 0.1) is 5.60 Å². The van der Waals surface area contributed by atoms with Gasteiger partial charge in [0.25, 0.3) is 0 Å². The normalized spacial score (nSPS) is 28.1. The Morgan fingerprint density at radius 1 is 1.50 bits per heavy atom. The Labute approximate surface area is 84.4 Å². The van der Waals surface area contributed by atoms with Crippen LogP contribution < -0.4 is 0 Å².